The Morgan fingerprint density at radius 3 is 2.75 bits per heavy atom. The Morgan fingerprint density at radius 2 is 2.12 bits per heavy atom. The quantitative estimate of drug-likeness (QED) is 0.633. The average molecular weight is 327 g/mol. The number of aromatic nitrogens is 2. The molecular formula is C18H25N5O. The molecule has 2 N–H and O–H groups in total. The zero-order valence-electron chi connectivity index (χ0n) is 14.9. The molecule has 2 rings (SSSR count). The second-order valence-corrected chi connectivity index (χ2v) is 5.87. The standard InChI is InChI=1S/C18H25N5O/c1-6-23-15(5)17(13(3)22-23)11-19-21-18(24)14(4)20-16-9-7-8-12(2)10-16/h7-11,14,20H,6H2,1-5H3,(H,21,24)/b19-11+. The molecule has 128 valence electrons. The van der Waals surface area contributed by atoms with Crippen molar-refractivity contribution in [2.45, 2.75) is 47.2 Å². The molecule has 1 amide bonds. The van der Waals surface area contributed by atoms with E-state index in [1.807, 2.05) is 56.6 Å². The van der Waals surface area contributed by atoms with E-state index in [0.29, 0.717) is 0 Å². The Bertz CT molecular complexity index is 748. The monoisotopic (exact) mass is 327 g/mol. The number of carbonyl (C=O) groups is 1. The SMILES string of the molecule is CCn1nc(C)c(/C=N/NC(=O)C(C)Nc2cccc(C)c2)c1C. The van der Waals surface area contributed by atoms with Gasteiger partial charge >= 0.3 is 0 Å². The molecule has 1 aromatic heterocycles. The van der Waals surface area contributed by atoms with Gasteiger partial charge in [0.15, 0.2) is 0 Å². The number of rotatable bonds is 6. The summed E-state index contributed by atoms with van der Waals surface area (Å²) in [6.45, 7) is 10.6. The lowest BCUT2D eigenvalue weighted by atomic mass is 10.2. The van der Waals surface area contributed by atoms with E-state index in [2.05, 4.69) is 20.9 Å². The van der Waals surface area contributed by atoms with Crippen LogP contribution < -0.4 is 10.7 Å². The van der Waals surface area contributed by atoms with Gasteiger partial charge in [0.2, 0.25) is 0 Å². The Balaban J connectivity index is 1.96. The zero-order valence-corrected chi connectivity index (χ0v) is 14.9. The summed E-state index contributed by atoms with van der Waals surface area (Å²) in [5.74, 6) is -0.189. The lowest BCUT2D eigenvalue weighted by molar-refractivity contribution is -0.121. The van der Waals surface area contributed by atoms with E-state index < -0.39 is 0 Å². The fourth-order valence-corrected chi connectivity index (χ4v) is 2.51. The summed E-state index contributed by atoms with van der Waals surface area (Å²) in [6, 6.07) is 7.52. The van der Waals surface area contributed by atoms with E-state index in [1.165, 1.54) is 0 Å². The van der Waals surface area contributed by atoms with Crippen LogP contribution >= 0.6 is 0 Å². The summed E-state index contributed by atoms with van der Waals surface area (Å²) in [6.07, 6.45) is 1.65. The molecular weight excluding hydrogens is 302 g/mol. The van der Waals surface area contributed by atoms with Crippen LogP contribution in [0.15, 0.2) is 29.4 Å². The van der Waals surface area contributed by atoms with Gasteiger partial charge in [-0.2, -0.15) is 10.2 Å². The zero-order chi connectivity index (χ0) is 17.7. The van der Waals surface area contributed by atoms with Crippen molar-refractivity contribution in [3.63, 3.8) is 0 Å². The smallest absolute Gasteiger partial charge is 0.262 e. The Kier molecular flexibility index (Phi) is 5.73. The minimum atomic E-state index is -0.385. The molecule has 0 spiro atoms. The highest BCUT2D eigenvalue weighted by atomic mass is 16.2. The average Bonchev–Trinajstić information content (AvgIpc) is 2.82. The number of nitrogens with one attached hydrogen (secondary N) is 2. The molecule has 1 aromatic carbocycles. The molecule has 24 heavy (non-hydrogen) atoms. The van der Waals surface area contributed by atoms with Gasteiger partial charge in [0.05, 0.1) is 11.9 Å². The van der Waals surface area contributed by atoms with Crippen LogP contribution in [-0.4, -0.2) is 27.9 Å². The Morgan fingerprint density at radius 1 is 1.38 bits per heavy atom. The normalized spacial score (nSPS) is 12.4. The number of carbonyl (C=O) groups excluding carboxylic acids is 1. The minimum absolute atomic E-state index is 0.189. The number of aryl methyl sites for hydroxylation is 3. The summed E-state index contributed by atoms with van der Waals surface area (Å²) in [5.41, 5.74) is 7.52. The van der Waals surface area contributed by atoms with Crippen LogP contribution in [0.2, 0.25) is 0 Å². The second-order valence-electron chi connectivity index (χ2n) is 5.87. The predicted molar refractivity (Wildman–Crippen MR) is 97.4 cm³/mol. The fourth-order valence-electron chi connectivity index (χ4n) is 2.51. The van der Waals surface area contributed by atoms with E-state index in [1.54, 1.807) is 13.1 Å². The molecule has 0 aliphatic rings. The molecule has 2 aromatic rings. The summed E-state index contributed by atoms with van der Waals surface area (Å²) in [5, 5.41) is 11.7. The van der Waals surface area contributed by atoms with Crippen LogP contribution in [-0.2, 0) is 11.3 Å². The van der Waals surface area contributed by atoms with Gasteiger partial charge in [-0.3, -0.25) is 9.48 Å². The van der Waals surface area contributed by atoms with Crippen molar-refractivity contribution in [2.24, 2.45) is 5.10 Å². The highest BCUT2D eigenvalue weighted by molar-refractivity contribution is 5.87. The van der Waals surface area contributed by atoms with E-state index in [0.717, 1.165) is 34.7 Å². The number of hydrogen-bond donors (Lipinski definition) is 2. The van der Waals surface area contributed by atoms with Gasteiger partial charge in [-0.05, 0) is 52.3 Å². The third-order valence-corrected chi connectivity index (χ3v) is 3.90. The molecule has 1 unspecified atom stereocenters. The number of benzene rings is 1. The molecule has 0 saturated carbocycles. The fraction of sp³-hybridized carbons (Fsp3) is 0.389. The van der Waals surface area contributed by atoms with E-state index in [-0.39, 0.29) is 11.9 Å². The molecule has 0 aliphatic carbocycles. The van der Waals surface area contributed by atoms with Crippen molar-refractivity contribution >= 4 is 17.8 Å². The molecule has 0 saturated heterocycles. The summed E-state index contributed by atoms with van der Waals surface area (Å²) in [7, 11) is 0. The number of hydrogen-bond acceptors (Lipinski definition) is 4. The lowest BCUT2D eigenvalue weighted by Crippen LogP contribution is -2.34. The van der Waals surface area contributed by atoms with Gasteiger partial charge in [-0.25, -0.2) is 5.43 Å². The molecule has 1 atom stereocenters. The predicted octanol–water partition coefficient (Wildman–Crippen LogP) is 2.78. The highest BCUT2D eigenvalue weighted by Gasteiger charge is 2.12. The van der Waals surface area contributed by atoms with E-state index in [4.69, 9.17) is 0 Å². The van der Waals surface area contributed by atoms with Crippen molar-refractivity contribution in [1.82, 2.24) is 15.2 Å². The van der Waals surface area contributed by atoms with Gasteiger partial charge in [0.25, 0.3) is 5.91 Å². The first-order chi connectivity index (χ1) is 11.4. The molecule has 0 radical (unpaired) electrons. The largest absolute Gasteiger partial charge is 0.374 e. The van der Waals surface area contributed by atoms with Crippen molar-refractivity contribution < 1.29 is 4.79 Å². The highest BCUT2D eigenvalue weighted by Crippen LogP contribution is 2.11. The van der Waals surface area contributed by atoms with Crippen LogP contribution in [0.25, 0.3) is 0 Å². The van der Waals surface area contributed by atoms with Crippen LogP contribution in [0.1, 0.15) is 36.4 Å². The van der Waals surface area contributed by atoms with Gasteiger partial charge in [-0.15, -0.1) is 0 Å². The number of hydrazone groups is 1. The first-order valence-electron chi connectivity index (χ1n) is 8.12. The molecule has 0 bridgehead atoms. The van der Waals surface area contributed by atoms with Gasteiger partial charge in [0, 0.05) is 23.5 Å². The van der Waals surface area contributed by atoms with Crippen molar-refractivity contribution in [2.75, 3.05) is 5.32 Å². The van der Waals surface area contributed by atoms with Crippen LogP contribution in [0.3, 0.4) is 0 Å². The molecule has 6 nitrogen and oxygen atoms in total. The van der Waals surface area contributed by atoms with Crippen LogP contribution in [0, 0.1) is 20.8 Å². The topological polar surface area (TPSA) is 71.3 Å². The number of amides is 1. The van der Waals surface area contributed by atoms with E-state index >= 15 is 0 Å². The van der Waals surface area contributed by atoms with Crippen LogP contribution in [0.4, 0.5) is 5.69 Å². The third-order valence-electron chi connectivity index (χ3n) is 3.90. The number of anilines is 1. The molecule has 0 aliphatic heterocycles. The second kappa shape index (κ2) is 7.77. The maximum atomic E-state index is 12.1. The van der Waals surface area contributed by atoms with Crippen molar-refractivity contribution in [1.29, 1.82) is 0 Å². The summed E-state index contributed by atoms with van der Waals surface area (Å²) < 4.78 is 1.92. The van der Waals surface area contributed by atoms with Crippen LogP contribution in [0.5, 0.6) is 0 Å². The van der Waals surface area contributed by atoms with E-state index in [9.17, 15) is 4.79 Å². The maximum Gasteiger partial charge on any atom is 0.262 e. The Labute approximate surface area is 143 Å². The molecule has 0 fully saturated rings. The summed E-state index contributed by atoms with van der Waals surface area (Å²) in [4.78, 5) is 12.1. The van der Waals surface area contributed by atoms with Crippen molar-refractivity contribution in [3.05, 3.63) is 46.8 Å². The third kappa shape index (κ3) is 4.22. The minimum Gasteiger partial charge on any atom is -0.374 e. The summed E-state index contributed by atoms with van der Waals surface area (Å²) >= 11 is 0. The van der Waals surface area contributed by atoms with Gasteiger partial charge in [-0.1, -0.05) is 12.1 Å². The first-order valence-corrected chi connectivity index (χ1v) is 8.12. The maximum absolute atomic E-state index is 12.1. The van der Waals surface area contributed by atoms with Crippen molar-refractivity contribution in [3.8, 4) is 0 Å². The first kappa shape index (κ1) is 17.7. The van der Waals surface area contributed by atoms with Gasteiger partial charge in [0.1, 0.15) is 6.04 Å². The Hall–Kier alpha value is -2.63. The lowest BCUT2D eigenvalue weighted by Gasteiger charge is -2.13. The number of nitrogens with zero attached hydrogens (tertiary/aromatic N) is 3. The van der Waals surface area contributed by atoms with Gasteiger partial charge < -0.3 is 5.32 Å². The molecule has 1 heterocycles. The molecule has 6 heteroatoms.